The Balaban J connectivity index is 1.49. The number of carbonyl (C=O) groups excluding carboxylic acids is 1. The number of carbonyl (C=O) groups is 1. The lowest BCUT2D eigenvalue weighted by molar-refractivity contribution is -0.115. The van der Waals surface area contributed by atoms with Gasteiger partial charge in [-0.15, -0.1) is 23.1 Å². The summed E-state index contributed by atoms with van der Waals surface area (Å²) in [4.78, 5) is 16.8. The maximum Gasteiger partial charge on any atom is 0.225 e. The predicted molar refractivity (Wildman–Crippen MR) is 97.9 cm³/mol. The van der Waals surface area contributed by atoms with Crippen LogP contribution in [0.15, 0.2) is 65.0 Å². The lowest BCUT2D eigenvalue weighted by atomic mass is 10.2. The Morgan fingerprint density at radius 2 is 1.96 bits per heavy atom. The van der Waals surface area contributed by atoms with Crippen LogP contribution >= 0.6 is 23.1 Å². The number of aromatic nitrogens is 1. The van der Waals surface area contributed by atoms with Gasteiger partial charge in [-0.1, -0.05) is 12.1 Å². The molecule has 3 rings (SSSR count). The van der Waals surface area contributed by atoms with Crippen LogP contribution in [0.4, 0.5) is 10.1 Å². The average molecular weight is 358 g/mol. The number of hydrogen-bond acceptors (Lipinski definition) is 4. The summed E-state index contributed by atoms with van der Waals surface area (Å²) in [6, 6.07) is 14.2. The Hall–Kier alpha value is -2.18. The van der Waals surface area contributed by atoms with Gasteiger partial charge in [-0.2, -0.15) is 0 Å². The molecule has 122 valence electrons. The number of benzene rings is 2. The van der Waals surface area contributed by atoms with Gasteiger partial charge in [-0.25, -0.2) is 9.37 Å². The van der Waals surface area contributed by atoms with E-state index in [9.17, 15) is 9.18 Å². The van der Waals surface area contributed by atoms with Crippen LogP contribution in [0, 0.1) is 5.82 Å². The molecule has 3 nitrogen and oxygen atoms in total. The second-order valence-electron chi connectivity index (χ2n) is 4.99. The quantitative estimate of drug-likeness (QED) is 0.626. The first-order valence-electron chi connectivity index (χ1n) is 7.39. The molecule has 0 aliphatic carbocycles. The first kappa shape index (κ1) is 16.7. The van der Waals surface area contributed by atoms with E-state index in [1.54, 1.807) is 35.7 Å². The van der Waals surface area contributed by atoms with Crippen LogP contribution in [0.5, 0.6) is 0 Å². The van der Waals surface area contributed by atoms with E-state index in [2.05, 4.69) is 10.3 Å². The van der Waals surface area contributed by atoms with Crippen LogP contribution < -0.4 is 5.32 Å². The fourth-order valence-corrected chi connectivity index (χ4v) is 3.63. The smallest absolute Gasteiger partial charge is 0.225 e. The van der Waals surface area contributed by atoms with E-state index in [-0.39, 0.29) is 11.7 Å². The monoisotopic (exact) mass is 358 g/mol. The normalized spacial score (nSPS) is 10.5. The standard InChI is InChI=1S/C18H15FN2OS2/c19-15-3-1-2-4-16(15)23-11-9-17(22)21-14-7-5-13(6-8-14)18-20-10-12-24-18/h1-8,10,12H,9,11H2,(H,21,22). The fourth-order valence-electron chi connectivity index (χ4n) is 2.10. The summed E-state index contributed by atoms with van der Waals surface area (Å²) in [7, 11) is 0. The number of thiazole rings is 1. The zero-order valence-electron chi connectivity index (χ0n) is 12.7. The zero-order chi connectivity index (χ0) is 16.8. The minimum absolute atomic E-state index is 0.0826. The molecule has 0 fully saturated rings. The van der Waals surface area contributed by atoms with Gasteiger partial charge >= 0.3 is 0 Å². The lowest BCUT2D eigenvalue weighted by Crippen LogP contribution is -2.12. The maximum atomic E-state index is 13.5. The van der Waals surface area contributed by atoms with Crippen molar-refractivity contribution in [3.05, 3.63) is 65.9 Å². The van der Waals surface area contributed by atoms with Gasteiger partial charge in [-0.3, -0.25) is 4.79 Å². The van der Waals surface area contributed by atoms with Gasteiger partial charge in [0.1, 0.15) is 10.8 Å². The average Bonchev–Trinajstić information content (AvgIpc) is 3.12. The van der Waals surface area contributed by atoms with Crippen molar-refractivity contribution in [2.75, 3.05) is 11.1 Å². The van der Waals surface area contributed by atoms with Gasteiger partial charge in [0.25, 0.3) is 0 Å². The van der Waals surface area contributed by atoms with Crippen LogP contribution in [0.1, 0.15) is 6.42 Å². The van der Waals surface area contributed by atoms with Crippen LogP contribution in [-0.2, 0) is 4.79 Å². The molecular formula is C18H15FN2OS2. The van der Waals surface area contributed by atoms with Gasteiger partial charge in [-0.05, 0) is 36.4 Å². The first-order chi connectivity index (χ1) is 11.7. The van der Waals surface area contributed by atoms with Crippen LogP contribution in [0.3, 0.4) is 0 Å². The molecule has 1 N–H and O–H groups in total. The van der Waals surface area contributed by atoms with E-state index in [1.165, 1.54) is 17.8 Å². The van der Waals surface area contributed by atoms with E-state index < -0.39 is 0 Å². The number of amides is 1. The van der Waals surface area contributed by atoms with Crippen molar-refractivity contribution < 1.29 is 9.18 Å². The third-order valence-electron chi connectivity index (χ3n) is 3.27. The Morgan fingerprint density at radius 1 is 1.17 bits per heavy atom. The van der Waals surface area contributed by atoms with Gasteiger partial charge in [0.2, 0.25) is 5.91 Å². The summed E-state index contributed by atoms with van der Waals surface area (Å²) >= 11 is 2.92. The lowest BCUT2D eigenvalue weighted by Gasteiger charge is -2.06. The highest BCUT2D eigenvalue weighted by molar-refractivity contribution is 7.99. The van der Waals surface area contributed by atoms with E-state index in [0.717, 1.165) is 16.3 Å². The molecular weight excluding hydrogens is 343 g/mol. The topological polar surface area (TPSA) is 42.0 Å². The second kappa shape index (κ2) is 8.08. The van der Waals surface area contributed by atoms with Crippen molar-refractivity contribution >= 4 is 34.7 Å². The van der Waals surface area contributed by atoms with Crippen LogP contribution in [0.2, 0.25) is 0 Å². The number of nitrogens with one attached hydrogen (secondary N) is 1. The maximum absolute atomic E-state index is 13.5. The van der Waals surface area contributed by atoms with Gasteiger partial charge in [0.05, 0.1) is 0 Å². The van der Waals surface area contributed by atoms with Gasteiger partial charge in [0.15, 0.2) is 0 Å². The summed E-state index contributed by atoms with van der Waals surface area (Å²) in [5, 5.41) is 5.73. The molecule has 0 atom stereocenters. The summed E-state index contributed by atoms with van der Waals surface area (Å²) < 4.78 is 13.5. The second-order valence-corrected chi connectivity index (χ2v) is 7.02. The van der Waals surface area contributed by atoms with Crippen LogP contribution in [0.25, 0.3) is 10.6 Å². The number of nitrogens with zero attached hydrogens (tertiary/aromatic N) is 1. The molecule has 0 radical (unpaired) electrons. The number of rotatable bonds is 6. The SMILES string of the molecule is O=C(CCSc1ccccc1F)Nc1ccc(-c2nccs2)cc1. The summed E-state index contributed by atoms with van der Waals surface area (Å²) in [5.41, 5.74) is 1.77. The third-order valence-corrected chi connectivity index (χ3v) is 5.14. The Bertz CT molecular complexity index is 804. The van der Waals surface area contributed by atoms with Crippen molar-refractivity contribution in [1.29, 1.82) is 0 Å². The van der Waals surface area contributed by atoms with Crippen molar-refractivity contribution in [3.63, 3.8) is 0 Å². The zero-order valence-corrected chi connectivity index (χ0v) is 14.4. The number of anilines is 1. The molecule has 0 bridgehead atoms. The Kier molecular flexibility index (Phi) is 5.61. The highest BCUT2D eigenvalue weighted by atomic mass is 32.2. The predicted octanol–water partition coefficient (Wildman–Crippen LogP) is 5.07. The molecule has 0 saturated carbocycles. The van der Waals surface area contributed by atoms with Gasteiger partial charge < -0.3 is 5.32 Å². The molecule has 0 saturated heterocycles. The van der Waals surface area contributed by atoms with Crippen LogP contribution in [-0.4, -0.2) is 16.6 Å². The molecule has 1 amide bonds. The van der Waals surface area contributed by atoms with E-state index >= 15 is 0 Å². The van der Waals surface area contributed by atoms with Crippen molar-refractivity contribution in [2.24, 2.45) is 0 Å². The molecule has 2 aromatic carbocycles. The molecule has 0 unspecified atom stereocenters. The molecule has 6 heteroatoms. The van der Waals surface area contributed by atoms with E-state index in [0.29, 0.717) is 17.1 Å². The largest absolute Gasteiger partial charge is 0.326 e. The molecule has 0 aliphatic heterocycles. The number of halogens is 1. The van der Waals surface area contributed by atoms with Crippen molar-refractivity contribution in [2.45, 2.75) is 11.3 Å². The molecule has 24 heavy (non-hydrogen) atoms. The molecule has 1 heterocycles. The Labute approximate surface area is 148 Å². The van der Waals surface area contributed by atoms with Crippen molar-refractivity contribution in [3.8, 4) is 10.6 Å². The van der Waals surface area contributed by atoms with Gasteiger partial charge in [0, 0.05) is 39.9 Å². The molecule has 1 aromatic heterocycles. The fraction of sp³-hybridized carbons (Fsp3) is 0.111. The Morgan fingerprint density at radius 3 is 2.67 bits per heavy atom. The highest BCUT2D eigenvalue weighted by Gasteiger charge is 2.06. The first-order valence-corrected chi connectivity index (χ1v) is 9.26. The van der Waals surface area contributed by atoms with Crippen molar-refractivity contribution in [1.82, 2.24) is 4.98 Å². The molecule has 3 aromatic rings. The van der Waals surface area contributed by atoms with E-state index in [4.69, 9.17) is 0 Å². The molecule has 0 aliphatic rings. The number of hydrogen-bond donors (Lipinski definition) is 1. The summed E-state index contributed by atoms with van der Waals surface area (Å²) in [6.45, 7) is 0. The minimum atomic E-state index is -0.249. The third kappa shape index (κ3) is 4.43. The summed E-state index contributed by atoms with van der Waals surface area (Å²) in [5.74, 6) is 0.200. The highest BCUT2D eigenvalue weighted by Crippen LogP contribution is 2.24. The molecule has 0 spiro atoms. The summed E-state index contributed by atoms with van der Waals surface area (Å²) in [6.07, 6.45) is 2.09. The minimum Gasteiger partial charge on any atom is -0.326 e. The number of thioether (sulfide) groups is 1. The van der Waals surface area contributed by atoms with E-state index in [1.807, 2.05) is 29.6 Å².